The number of anilines is 1. The van der Waals surface area contributed by atoms with Crippen LogP contribution in [0.4, 0.5) is 10.1 Å². The first kappa shape index (κ1) is 15.5. The molecule has 0 radical (unpaired) electrons. The highest BCUT2D eigenvalue weighted by Gasteiger charge is 2.13. The number of pyridine rings is 2. The lowest BCUT2D eigenvalue weighted by atomic mass is 10.0. The first-order chi connectivity index (χ1) is 12.1. The van der Waals surface area contributed by atoms with Gasteiger partial charge in [-0.15, -0.1) is 0 Å². The highest BCUT2D eigenvalue weighted by Crippen LogP contribution is 2.33. The quantitative estimate of drug-likeness (QED) is 0.531. The summed E-state index contributed by atoms with van der Waals surface area (Å²) in [7, 11) is 0. The van der Waals surface area contributed by atoms with Crippen LogP contribution in [0.3, 0.4) is 0 Å². The minimum absolute atomic E-state index is 0.350. The summed E-state index contributed by atoms with van der Waals surface area (Å²) < 4.78 is 14.3. The maximum atomic E-state index is 14.3. The summed E-state index contributed by atoms with van der Waals surface area (Å²) in [5.74, 6) is -0.376. The van der Waals surface area contributed by atoms with Crippen LogP contribution in [0.2, 0.25) is 5.02 Å². The third-order valence-electron chi connectivity index (χ3n) is 3.98. The van der Waals surface area contributed by atoms with Gasteiger partial charge in [0.25, 0.3) is 0 Å². The molecule has 0 unspecified atom stereocenters. The maximum absolute atomic E-state index is 14.3. The first-order valence-electron chi connectivity index (χ1n) is 7.69. The summed E-state index contributed by atoms with van der Waals surface area (Å²) in [6.45, 7) is 0. The van der Waals surface area contributed by atoms with E-state index in [0.717, 1.165) is 16.5 Å². The van der Waals surface area contributed by atoms with E-state index in [0.29, 0.717) is 27.7 Å². The molecule has 2 N–H and O–H groups in total. The predicted octanol–water partition coefficient (Wildman–Crippen LogP) is 5.34. The molecule has 0 atom stereocenters. The predicted molar refractivity (Wildman–Crippen MR) is 99.8 cm³/mol. The molecule has 2 heterocycles. The van der Waals surface area contributed by atoms with E-state index in [1.54, 1.807) is 24.4 Å². The zero-order chi connectivity index (χ0) is 17.4. The number of nitrogen functional groups attached to an aromatic ring is 1. The highest BCUT2D eigenvalue weighted by atomic mass is 35.5. The first-order valence-corrected chi connectivity index (χ1v) is 8.07. The van der Waals surface area contributed by atoms with Crippen LogP contribution in [-0.2, 0) is 0 Å². The number of rotatable bonds is 2. The largest absolute Gasteiger partial charge is 0.399 e. The van der Waals surface area contributed by atoms with Crippen molar-refractivity contribution >= 4 is 28.2 Å². The fourth-order valence-corrected chi connectivity index (χ4v) is 2.99. The Morgan fingerprint density at radius 3 is 2.56 bits per heavy atom. The summed E-state index contributed by atoms with van der Waals surface area (Å²) in [6.07, 6.45) is 1.65. The van der Waals surface area contributed by atoms with Crippen molar-refractivity contribution in [3.05, 3.63) is 77.7 Å². The summed E-state index contributed by atoms with van der Waals surface area (Å²) in [6, 6.07) is 17.4. The fraction of sp³-hybridized carbons (Fsp3) is 0. The molecule has 4 rings (SSSR count). The summed E-state index contributed by atoms with van der Waals surface area (Å²) in [4.78, 5) is 9.01. The van der Waals surface area contributed by atoms with Crippen LogP contribution in [0.5, 0.6) is 0 Å². The van der Waals surface area contributed by atoms with Crippen molar-refractivity contribution < 1.29 is 4.39 Å². The molecule has 3 nitrogen and oxygen atoms in total. The third kappa shape index (κ3) is 2.92. The Morgan fingerprint density at radius 1 is 0.880 bits per heavy atom. The zero-order valence-electron chi connectivity index (χ0n) is 13.1. The van der Waals surface area contributed by atoms with Crippen LogP contribution in [0.1, 0.15) is 0 Å². The SMILES string of the molecule is Nc1ccnc(-c2cc(-c3cc(Cl)ccc3F)nc3ccccc23)c1. The Bertz CT molecular complexity index is 1100. The van der Waals surface area contributed by atoms with Crippen molar-refractivity contribution in [3.63, 3.8) is 0 Å². The standard InChI is InChI=1S/C20H13ClFN3/c21-12-5-6-17(22)16(9-12)20-11-15(19-10-13(23)7-8-24-19)14-3-1-2-4-18(14)25-20/h1-11H,(H2,23,24). The van der Waals surface area contributed by atoms with Gasteiger partial charge in [0.2, 0.25) is 0 Å². The minimum atomic E-state index is -0.376. The topological polar surface area (TPSA) is 51.8 Å². The lowest BCUT2D eigenvalue weighted by molar-refractivity contribution is 0.631. The molecule has 0 saturated carbocycles. The van der Waals surface area contributed by atoms with E-state index in [1.165, 1.54) is 12.1 Å². The molecule has 4 aromatic rings. The Hall–Kier alpha value is -2.98. The van der Waals surface area contributed by atoms with Crippen LogP contribution >= 0.6 is 11.6 Å². The van der Waals surface area contributed by atoms with Gasteiger partial charge in [-0.3, -0.25) is 4.98 Å². The van der Waals surface area contributed by atoms with Crippen LogP contribution in [0.25, 0.3) is 33.4 Å². The number of aromatic nitrogens is 2. The number of nitrogens with two attached hydrogens (primary N) is 1. The molecule has 0 amide bonds. The Kier molecular flexibility index (Phi) is 3.82. The lowest BCUT2D eigenvalue weighted by Crippen LogP contribution is -1.94. The van der Waals surface area contributed by atoms with Gasteiger partial charge in [0, 0.05) is 33.4 Å². The maximum Gasteiger partial charge on any atom is 0.132 e. The number of hydrogen-bond donors (Lipinski definition) is 1. The smallest absolute Gasteiger partial charge is 0.132 e. The molecule has 0 aliphatic heterocycles. The zero-order valence-corrected chi connectivity index (χ0v) is 13.8. The van der Waals surface area contributed by atoms with Gasteiger partial charge in [-0.25, -0.2) is 9.37 Å². The van der Waals surface area contributed by atoms with Crippen molar-refractivity contribution in [2.45, 2.75) is 0 Å². The van der Waals surface area contributed by atoms with Gasteiger partial charge in [0.05, 0.1) is 16.9 Å². The number of benzene rings is 2. The minimum Gasteiger partial charge on any atom is -0.399 e. The molecular formula is C20H13ClFN3. The number of nitrogens with zero attached hydrogens (tertiary/aromatic N) is 2. The van der Waals surface area contributed by atoms with E-state index in [9.17, 15) is 4.39 Å². The normalized spacial score (nSPS) is 11.0. The van der Waals surface area contributed by atoms with Crippen LogP contribution in [0, 0.1) is 5.82 Å². The molecule has 2 aromatic carbocycles. The van der Waals surface area contributed by atoms with Crippen LogP contribution in [-0.4, -0.2) is 9.97 Å². The molecule has 0 aliphatic carbocycles. The average Bonchev–Trinajstić information content (AvgIpc) is 2.63. The Labute approximate surface area is 148 Å². The number of fused-ring (bicyclic) bond motifs is 1. The van der Waals surface area contributed by atoms with Crippen LogP contribution < -0.4 is 5.73 Å². The molecule has 2 aromatic heterocycles. The van der Waals surface area contributed by atoms with Gasteiger partial charge in [-0.2, -0.15) is 0 Å². The molecule has 25 heavy (non-hydrogen) atoms. The molecular weight excluding hydrogens is 337 g/mol. The monoisotopic (exact) mass is 349 g/mol. The van der Waals surface area contributed by atoms with Crippen molar-refractivity contribution in [2.24, 2.45) is 0 Å². The number of halogens is 2. The second-order valence-electron chi connectivity index (χ2n) is 5.67. The van der Waals surface area contributed by atoms with E-state index in [1.807, 2.05) is 30.3 Å². The molecule has 122 valence electrons. The summed E-state index contributed by atoms with van der Waals surface area (Å²) in [5, 5.41) is 1.38. The second-order valence-corrected chi connectivity index (χ2v) is 6.11. The molecule has 0 bridgehead atoms. The van der Waals surface area contributed by atoms with Crippen molar-refractivity contribution in [1.29, 1.82) is 0 Å². The highest BCUT2D eigenvalue weighted by molar-refractivity contribution is 6.30. The van der Waals surface area contributed by atoms with Crippen molar-refractivity contribution in [2.75, 3.05) is 5.73 Å². The van der Waals surface area contributed by atoms with E-state index >= 15 is 0 Å². The Morgan fingerprint density at radius 2 is 1.72 bits per heavy atom. The van der Waals surface area contributed by atoms with Crippen LogP contribution in [0.15, 0.2) is 66.9 Å². The number of para-hydroxylation sites is 1. The molecule has 0 spiro atoms. The average molecular weight is 350 g/mol. The summed E-state index contributed by atoms with van der Waals surface area (Å²) >= 11 is 6.04. The van der Waals surface area contributed by atoms with Gasteiger partial charge in [-0.1, -0.05) is 29.8 Å². The van der Waals surface area contributed by atoms with Gasteiger partial charge in [0.15, 0.2) is 0 Å². The Balaban J connectivity index is 2.03. The van der Waals surface area contributed by atoms with Crippen molar-refractivity contribution in [1.82, 2.24) is 9.97 Å². The van der Waals surface area contributed by atoms with Crippen molar-refractivity contribution in [3.8, 4) is 22.5 Å². The van der Waals surface area contributed by atoms with Gasteiger partial charge >= 0.3 is 0 Å². The van der Waals surface area contributed by atoms with E-state index in [4.69, 9.17) is 17.3 Å². The molecule has 5 heteroatoms. The van der Waals surface area contributed by atoms with Gasteiger partial charge in [-0.05, 0) is 42.5 Å². The summed E-state index contributed by atoms with van der Waals surface area (Å²) in [5.41, 5.74) is 9.66. The lowest BCUT2D eigenvalue weighted by Gasteiger charge is -2.11. The fourth-order valence-electron chi connectivity index (χ4n) is 2.81. The number of hydrogen-bond acceptors (Lipinski definition) is 3. The molecule has 0 aliphatic rings. The second kappa shape index (κ2) is 6.15. The molecule has 0 fully saturated rings. The third-order valence-corrected chi connectivity index (χ3v) is 4.22. The van der Waals surface area contributed by atoms with E-state index in [2.05, 4.69) is 9.97 Å². The van der Waals surface area contributed by atoms with Gasteiger partial charge in [0.1, 0.15) is 5.82 Å². The van der Waals surface area contributed by atoms with Gasteiger partial charge < -0.3 is 5.73 Å². The van der Waals surface area contributed by atoms with E-state index < -0.39 is 0 Å². The van der Waals surface area contributed by atoms with E-state index in [-0.39, 0.29) is 5.82 Å². The molecule has 0 saturated heterocycles.